The van der Waals surface area contributed by atoms with E-state index in [4.69, 9.17) is 0 Å². The molecular weight excluding hydrogens is 236 g/mol. The normalized spacial score (nSPS) is 10.3. The molecule has 2 rings (SSSR count). The third-order valence-corrected chi connectivity index (χ3v) is 2.56. The van der Waals surface area contributed by atoms with Gasteiger partial charge in [0.05, 0.1) is 11.3 Å². The lowest BCUT2D eigenvalue weighted by molar-refractivity contribution is -0.385. The number of hydrogen-bond donors (Lipinski definition) is 1. The Bertz CT molecular complexity index is 579. The number of anilines is 1. The third-order valence-electron chi connectivity index (χ3n) is 2.56. The lowest BCUT2D eigenvalue weighted by atomic mass is 10.2. The number of imidazole rings is 1. The maximum absolute atomic E-state index is 11.1. The molecule has 2 aromatic rings. The van der Waals surface area contributed by atoms with Gasteiger partial charge in [0.15, 0.2) is 0 Å². The van der Waals surface area contributed by atoms with Crippen LogP contribution in [0.15, 0.2) is 18.7 Å². The average Bonchev–Trinajstić information content (AvgIpc) is 2.74. The molecule has 8 heteroatoms. The molecular formula is C10H12N6O2. The summed E-state index contributed by atoms with van der Waals surface area (Å²) in [4.78, 5) is 22.5. The standard InChI is InChI=1S/C10H12N6O2/c1-11-10-9(16(17)18)7(13-6-14-10)5-8-12-3-4-15(8)2/h3-4,6H,5H2,1-2H3,(H,11,13,14). The van der Waals surface area contributed by atoms with Crippen LogP contribution in [0, 0.1) is 10.1 Å². The first kappa shape index (κ1) is 12.0. The number of rotatable bonds is 4. The van der Waals surface area contributed by atoms with Crippen LogP contribution >= 0.6 is 0 Å². The fraction of sp³-hybridized carbons (Fsp3) is 0.300. The minimum atomic E-state index is -0.482. The van der Waals surface area contributed by atoms with Crippen LogP contribution in [0.3, 0.4) is 0 Å². The van der Waals surface area contributed by atoms with Crippen molar-refractivity contribution in [3.8, 4) is 0 Å². The Kier molecular flexibility index (Phi) is 3.18. The zero-order chi connectivity index (χ0) is 13.1. The molecule has 0 aromatic carbocycles. The van der Waals surface area contributed by atoms with Crippen molar-refractivity contribution < 1.29 is 4.92 Å². The van der Waals surface area contributed by atoms with E-state index in [-0.39, 0.29) is 17.9 Å². The fourth-order valence-corrected chi connectivity index (χ4v) is 1.64. The minimum absolute atomic E-state index is 0.108. The number of nitrogens with zero attached hydrogens (tertiary/aromatic N) is 5. The summed E-state index contributed by atoms with van der Waals surface area (Å²) in [7, 11) is 3.41. The highest BCUT2D eigenvalue weighted by Crippen LogP contribution is 2.25. The highest BCUT2D eigenvalue weighted by molar-refractivity contribution is 5.58. The number of hydrogen-bond acceptors (Lipinski definition) is 6. The van der Waals surface area contributed by atoms with E-state index in [0.29, 0.717) is 11.5 Å². The van der Waals surface area contributed by atoms with Crippen molar-refractivity contribution in [1.82, 2.24) is 19.5 Å². The third kappa shape index (κ3) is 2.12. The molecule has 0 atom stereocenters. The molecule has 0 fully saturated rings. The summed E-state index contributed by atoms with van der Waals surface area (Å²) in [5.74, 6) is 0.915. The van der Waals surface area contributed by atoms with Crippen molar-refractivity contribution in [2.75, 3.05) is 12.4 Å². The Balaban J connectivity index is 2.44. The van der Waals surface area contributed by atoms with E-state index < -0.39 is 4.92 Å². The highest BCUT2D eigenvalue weighted by Gasteiger charge is 2.22. The molecule has 0 saturated heterocycles. The van der Waals surface area contributed by atoms with Crippen LogP contribution in [0.4, 0.5) is 11.5 Å². The maximum atomic E-state index is 11.1. The molecule has 2 aromatic heterocycles. The molecule has 2 heterocycles. The Morgan fingerprint density at radius 3 is 2.78 bits per heavy atom. The summed E-state index contributed by atoms with van der Waals surface area (Å²) in [6, 6.07) is 0. The molecule has 18 heavy (non-hydrogen) atoms. The number of aromatic nitrogens is 4. The van der Waals surface area contributed by atoms with Gasteiger partial charge in [0, 0.05) is 26.5 Å². The van der Waals surface area contributed by atoms with Crippen LogP contribution in [-0.2, 0) is 13.5 Å². The molecule has 0 spiro atoms. The molecule has 0 aliphatic heterocycles. The molecule has 0 unspecified atom stereocenters. The minimum Gasteiger partial charge on any atom is -0.367 e. The van der Waals surface area contributed by atoms with E-state index in [0.717, 1.165) is 0 Å². The molecule has 94 valence electrons. The van der Waals surface area contributed by atoms with Gasteiger partial charge in [-0.25, -0.2) is 15.0 Å². The van der Waals surface area contributed by atoms with Crippen molar-refractivity contribution in [3.05, 3.63) is 40.4 Å². The summed E-state index contributed by atoms with van der Waals surface area (Å²) >= 11 is 0. The smallest absolute Gasteiger partial charge is 0.333 e. The summed E-state index contributed by atoms with van der Waals surface area (Å²) in [6.45, 7) is 0. The molecule has 0 aliphatic rings. The van der Waals surface area contributed by atoms with Gasteiger partial charge in [0.1, 0.15) is 17.8 Å². The van der Waals surface area contributed by atoms with Crippen molar-refractivity contribution in [3.63, 3.8) is 0 Å². The first-order chi connectivity index (χ1) is 8.63. The maximum Gasteiger partial charge on any atom is 0.333 e. The lowest BCUT2D eigenvalue weighted by Gasteiger charge is -2.05. The molecule has 0 bridgehead atoms. The van der Waals surface area contributed by atoms with Gasteiger partial charge in [-0.1, -0.05) is 0 Å². The van der Waals surface area contributed by atoms with Gasteiger partial charge in [-0.05, 0) is 0 Å². The van der Waals surface area contributed by atoms with E-state index in [1.54, 1.807) is 24.0 Å². The summed E-state index contributed by atoms with van der Waals surface area (Å²) < 4.78 is 1.80. The van der Waals surface area contributed by atoms with Gasteiger partial charge >= 0.3 is 5.69 Å². The van der Waals surface area contributed by atoms with Crippen molar-refractivity contribution in [2.24, 2.45) is 7.05 Å². The van der Waals surface area contributed by atoms with Crippen LogP contribution in [0.25, 0.3) is 0 Å². The Morgan fingerprint density at radius 1 is 1.44 bits per heavy atom. The zero-order valence-electron chi connectivity index (χ0n) is 9.99. The van der Waals surface area contributed by atoms with Gasteiger partial charge in [0.25, 0.3) is 0 Å². The number of nitro groups is 1. The van der Waals surface area contributed by atoms with E-state index in [1.165, 1.54) is 6.33 Å². The van der Waals surface area contributed by atoms with Crippen LogP contribution in [-0.4, -0.2) is 31.5 Å². The van der Waals surface area contributed by atoms with Gasteiger partial charge in [0.2, 0.25) is 5.82 Å². The Labute approximate surface area is 103 Å². The highest BCUT2D eigenvalue weighted by atomic mass is 16.6. The first-order valence-electron chi connectivity index (χ1n) is 5.25. The van der Waals surface area contributed by atoms with Crippen LogP contribution in [0.5, 0.6) is 0 Å². The lowest BCUT2D eigenvalue weighted by Crippen LogP contribution is -2.08. The Morgan fingerprint density at radius 2 is 2.22 bits per heavy atom. The number of nitrogens with one attached hydrogen (secondary N) is 1. The average molecular weight is 248 g/mol. The largest absolute Gasteiger partial charge is 0.367 e. The molecule has 8 nitrogen and oxygen atoms in total. The Hall–Kier alpha value is -2.51. The van der Waals surface area contributed by atoms with Gasteiger partial charge in [-0.3, -0.25) is 10.1 Å². The number of aryl methyl sites for hydroxylation is 1. The predicted octanol–water partition coefficient (Wildman–Crippen LogP) is 0.751. The predicted molar refractivity (Wildman–Crippen MR) is 64.2 cm³/mol. The fourth-order valence-electron chi connectivity index (χ4n) is 1.64. The van der Waals surface area contributed by atoms with E-state index in [2.05, 4.69) is 20.3 Å². The van der Waals surface area contributed by atoms with E-state index >= 15 is 0 Å². The van der Waals surface area contributed by atoms with Gasteiger partial charge in [-0.2, -0.15) is 0 Å². The second-order valence-corrected chi connectivity index (χ2v) is 3.66. The summed E-state index contributed by atoms with van der Waals surface area (Å²) in [5, 5.41) is 13.8. The topological polar surface area (TPSA) is 98.8 Å². The summed E-state index contributed by atoms with van der Waals surface area (Å²) in [6.07, 6.45) is 5.01. The first-order valence-corrected chi connectivity index (χ1v) is 5.25. The van der Waals surface area contributed by atoms with Crippen LogP contribution < -0.4 is 5.32 Å². The molecule has 0 amide bonds. The van der Waals surface area contributed by atoms with Crippen molar-refractivity contribution in [2.45, 2.75) is 6.42 Å². The van der Waals surface area contributed by atoms with Gasteiger partial charge < -0.3 is 9.88 Å². The van der Waals surface area contributed by atoms with Crippen LogP contribution in [0.2, 0.25) is 0 Å². The van der Waals surface area contributed by atoms with Crippen LogP contribution in [0.1, 0.15) is 11.5 Å². The second-order valence-electron chi connectivity index (χ2n) is 3.66. The molecule has 1 N–H and O–H groups in total. The van der Waals surface area contributed by atoms with Crippen molar-refractivity contribution >= 4 is 11.5 Å². The van der Waals surface area contributed by atoms with E-state index in [1.807, 2.05) is 7.05 Å². The zero-order valence-corrected chi connectivity index (χ0v) is 9.99. The molecule has 0 radical (unpaired) electrons. The SMILES string of the molecule is CNc1ncnc(Cc2nccn2C)c1[N+](=O)[O-]. The second kappa shape index (κ2) is 4.78. The van der Waals surface area contributed by atoms with Crippen molar-refractivity contribution in [1.29, 1.82) is 0 Å². The monoisotopic (exact) mass is 248 g/mol. The van der Waals surface area contributed by atoms with Gasteiger partial charge in [-0.15, -0.1) is 0 Å². The quantitative estimate of drug-likeness (QED) is 0.633. The molecule has 0 aliphatic carbocycles. The molecule has 0 saturated carbocycles. The summed E-state index contributed by atoms with van der Waals surface area (Å²) in [5.41, 5.74) is 0.233. The van der Waals surface area contributed by atoms with E-state index in [9.17, 15) is 10.1 Å².